The van der Waals surface area contributed by atoms with Crippen LogP contribution in [0.25, 0.3) is 0 Å². The minimum atomic E-state index is -0.239. The Balaban J connectivity index is 1.14. The molecule has 186 valence electrons. The van der Waals surface area contributed by atoms with Gasteiger partial charge in [-0.15, -0.1) is 0 Å². The molecule has 3 heterocycles. The Hall–Kier alpha value is -1.92. The van der Waals surface area contributed by atoms with Crippen molar-refractivity contribution in [2.45, 2.75) is 63.4 Å². The van der Waals surface area contributed by atoms with Gasteiger partial charge in [0.2, 0.25) is 11.8 Å². The van der Waals surface area contributed by atoms with Crippen molar-refractivity contribution >= 4 is 11.8 Å². The van der Waals surface area contributed by atoms with E-state index in [2.05, 4.69) is 34.1 Å². The van der Waals surface area contributed by atoms with E-state index in [0.717, 1.165) is 52.0 Å². The van der Waals surface area contributed by atoms with E-state index in [1.165, 1.54) is 37.7 Å². The fourth-order valence-corrected chi connectivity index (χ4v) is 7.10. The maximum absolute atomic E-state index is 12.9. The van der Waals surface area contributed by atoms with E-state index in [0.29, 0.717) is 30.3 Å². The van der Waals surface area contributed by atoms with Gasteiger partial charge in [0, 0.05) is 45.1 Å². The van der Waals surface area contributed by atoms with Crippen LogP contribution in [-0.2, 0) is 14.3 Å². The predicted octanol–water partition coefficient (Wildman–Crippen LogP) is 3.41. The van der Waals surface area contributed by atoms with Crippen molar-refractivity contribution in [2.75, 3.05) is 39.3 Å². The van der Waals surface area contributed by atoms with Crippen molar-refractivity contribution in [3.63, 3.8) is 0 Å². The minimum Gasteiger partial charge on any atom is -0.377 e. The fourth-order valence-electron chi connectivity index (χ4n) is 7.10. The van der Waals surface area contributed by atoms with Crippen LogP contribution in [0.3, 0.4) is 0 Å². The SMILES string of the molecule is NC(=O)C1CCOC1[C@@H](CCN1CC2CN(C(=O)CC3CCCCC3)CC2C1)c1ccccc1. The summed E-state index contributed by atoms with van der Waals surface area (Å²) in [7, 11) is 0. The molecule has 34 heavy (non-hydrogen) atoms. The van der Waals surface area contributed by atoms with E-state index in [-0.39, 0.29) is 23.8 Å². The van der Waals surface area contributed by atoms with Crippen LogP contribution >= 0.6 is 0 Å². The van der Waals surface area contributed by atoms with Crippen molar-refractivity contribution < 1.29 is 14.3 Å². The molecule has 1 aliphatic carbocycles. The molecule has 4 fully saturated rings. The minimum absolute atomic E-state index is 0.130. The molecule has 0 aromatic heterocycles. The zero-order chi connectivity index (χ0) is 23.5. The molecule has 0 radical (unpaired) electrons. The molecule has 0 spiro atoms. The predicted molar refractivity (Wildman–Crippen MR) is 132 cm³/mol. The highest BCUT2D eigenvalue weighted by molar-refractivity contribution is 5.78. The van der Waals surface area contributed by atoms with Crippen LogP contribution in [0.15, 0.2) is 30.3 Å². The van der Waals surface area contributed by atoms with Gasteiger partial charge in [0.05, 0.1) is 12.0 Å². The number of carbonyl (C=O) groups is 2. The number of benzene rings is 1. The molecule has 4 aliphatic rings. The van der Waals surface area contributed by atoms with Gasteiger partial charge in [0.25, 0.3) is 0 Å². The van der Waals surface area contributed by atoms with Crippen LogP contribution in [0.1, 0.15) is 62.8 Å². The largest absolute Gasteiger partial charge is 0.377 e. The average molecular weight is 468 g/mol. The lowest BCUT2D eigenvalue weighted by Crippen LogP contribution is -2.37. The van der Waals surface area contributed by atoms with Crippen LogP contribution in [-0.4, -0.2) is 67.0 Å². The highest BCUT2D eigenvalue weighted by Crippen LogP contribution is 2.37. The fraction of sp³-hybridized carbons (Fsp3) is 0.714. The molecule has 5 rings (SSSR count). The zero-order valence-corrected chi connectivity index (χ0v) is 20.4. The van der Waals surface area contributed by atoms with Crippen molar-refractivity contribution in [1.82, 2.24) is 9.80 Å². The Morgan fingerprint density at radius 3 is 2.35 bits per heavy atom. The Morgan fingerprint density at radius 2 is 1.68 bits per heavy atom. The van der Waals surface area contributed by atoms with E-state index in [1.54, 1.807) is 0 Å². The maximum atomic E-state index is 12.9. The van der Waals surface area contributed by atoms with Gasteiger partial charge in [0.1, 0.15) is 0 Å². The molecule has 3 aliphatic heterocycles. The summed E-state index contributed by atoms with van der Waals surface area (Å²) in [5.41, 5.74) is 6.95. The summed E-state index contributed by atoms with van der Waals surface area (Å²) in [5.74, 6) is 1.96. The summed E-state index contributed by atoms with van der Waals surface area (Å²) < 4.78 is 6.07. The molecular formula is C28H41N3O3. The third-order valence-electron chi connectivity index (χ3n) is 8.98. The number of rotatable bonds is 8. The number of nitrogens with zero attached hydrogens (tertiary/aromatic N) is 2. The number of hydrogen-bond acceptors (Lipinski definition) is 4. The lowest BCUT2D eigenvalue weighted by Gasteiger charge is -2.29. The van der Waals surface area contributed by atoms with Gasteiger partial charge in [-0.25, -0.2) is 0 Å². The van der Waals surface area contributed by atoms with E-state index in [9.17, 15) is 9.59 Å². The van der Waals surface area contributed by atoms with Gasteiger partial charge in [-0.3, -0.25) is 9.59 Å². The highest BCUT2D eigenvalue weighted by atomic mass is 16.5. The molecule has 5 atom stereocenters. The molecule has 6 nitrogen and oxygen atoms in total. The third-order valence-corrected chi connectivity index (χ3v) is 8.98. The van der Waals surface area contributed by atoms with Crippen LogP contribution < -0.4 is 5.73 Å². The first kappa shape index (κ1) is 23.8. The lowest BCUT2D eigenvalue weighted by atomic mass is 9.83. The average Bonchev–Trinajstić information content (AvgIpc) is 3.56. The number of carbonyl (C=O) groups excluding carboxylic acids is 2. The molecule has 4 unspecified atom stereocenters. The Kier molecular flexibility index (Phi) is 7.55. The molecule has 1 aromatic carbocycles. The second-order valence-corrected chi connectivity index (χ2v) is 11.2. The van der Waals surface area contributed by atoms with Gasteiger partial charge in [0.15, 0.2) is 0 Å². The van der Waals surface area contributed by atoms with Crippen LogP contribution in [0, 0.1) is 23.7 Å². The van der Waals surface area contributed by atoms with E-state index in [1.807, 2.05) is 6.07 Å². The Morgan fingerprint density at radius 1 is 0.971 bits per heavy atom. The second-order valence-electron chi connectivity index (χ2n) is 11.2. The summed E-state index contributed by atoms with van der Waals surface area (Å²) in [6.07, 6.45) is 8.75. The van der Waals surface area contributed by atoms with Crippen molar-refractivity contribution in [3.8, 4) is 0 Å². The van der Waals surface area contributed by atoms with Crippen molar-refractivity contribution in [1.29, 1.82) is 0 Å². The first-order chi connectivity index (χ1) is 16.6. The van der Waals surface area contributed by atoms with E-state index in [4.69, 9.17) is 10.5 Å². The molecule has 1 saturated carbocycles. The third kappa shape index (κ3) is 5.33. The summed E-state index contributed by atoms with van der Waals surface area (Å²) in [5, 5.41) is 0. The molecule has 2 N–H and O–H groups in total. The van der Waals surface area contributed by atoms with Crippen molar-refractivity contribution in [2.24, 2.45) is 29.4 Å². The van der Waals surface area contributed by atoms with E-state index < -0.39 is 0 Å². The monoisotopic (exact) mass is 467 g/mol. The molecule has 0 bridgehead atoms. The van der Waals surface area contributed by atoms with Crippen LogP contribution in [0.5, 0.6) is 0 Å². The van der Waals surface area contributed by atoms with Gasteiger partial charge < -0.3 is 20.3 Å². The normalized spacial score (nSPS) is 31.0. The summed E-state index contributed by atoms with van der Waals surface area (Å²) in [6, 6.07) is 10.5. The summed E-state index contributed by atoms with van der Waals surface area (Å²) >= 11 is 0. The number of primary amides is 1. The van der Waals surface area contributed by atoms with Gasteiger partial charge in [-0.05, 0) is 55.5 Å². The van der Waals surface area contributed by atoms with Gasteiger partial charge >= 0.3 is 0 Å². The quantitative estimate of drug-likeness (QED) is 0.636. The summed E-state index contributed by atoms with van der Waals surface area (Å²) in [4.78, 5) is 29.7. The van der Waals surface area contributed by atoms with Crippen LogP contribution in [0.2, 0.25) is 0 Å². The number of likely N-dealkylation sites (tertiary alicyclic amines) is 2. The molecule has 2 amide bonds. The first-order valence-corrected chi connectivity index (χ1v) is 13.5. The number of ether oxygens (including phenoxy) is 1. The maximum Gasteiger partial charge on any atom is 0.223 e. The zero-order valence-electron chi connectivity index (χ0n) is 20.4. The second kappa shape index (κ2) is 10.8. The molecule has 6 heteroatoms. The highest BCUT2D eigenvalue weighted by Gasteiger charge is 2.43. The van der Waals surface area contributed by atoms with Crippen molar-refractivity contribution in [3.05, 3.63) is 35.9 Å². The first-order valence-electron chi connectivity index (χ1n) is 13.5. The topological polar surface area (TPSA) is 75.9 Å². The number of fused-ring (bicyclic) bond motifs is 1. The van der Waals surface area contributed by atoms with Crippen LogP contribution in [0.4, 0.5) is 0 Å². The van der Waals surface area contributed by atoms with E-state index >= 15 is 0 Å². The summed E-state index contributed by atoms with van der Waals surface area (Å²) in [6.45, 7) is 5.62. The number of nitrogens with two attached hydrogens (primary N) is 1. The number of amides is 2. The number of hydrogen-bond donors (Lipinski definition) is 1. The Bertz CT molecular complexity index is 827. The smallest absolute Gasteiger partial charge is 0.223 e. The van der Waals surface area contributed by atoms with Gasteiger partial charge in [-0.2, -0.15) is 0 Å². The molecule has 1 aromatic rings. The Labute approximate surface area is 204 Å². The molecule has 3 saturated heterocycles. The lowest BCUT2D eigenvalue weighted by molar-refractivity contribution is -0.131. The molecular weight excluding hydrogens is 426 g/mol. The van der Waals surface area contributed by atoms with Gasteiger partial charge in [-0.1, -0.05) is 49.6 Å². The standard InChI is InChI=1S/C28H41N3O3/c29-28(33)25-12-14-34-27(25)24(21-9-5-2-6-10-21)11-13-30-16-22-18-31(19-23(22)17-30)26(32)15-20-7-3-1-4-8-20/h2,5-6,9-10,20,22-25,27H,1,3-4,7-8,11-19H2,(H2,29,33)/t22?,23?,24-,25?,27?/m0/s1.